The van der Waals surface area contributed by atoms with Crippen molar-refractivity contribution in [3.63, 3.8) is 0 Å². The number of fused-ring (bicyclic) bond motifs is 1. The van der Waals surface area contributed by atoms with E-state index in [1.165, 1.54) is 6.07 Å². The smallest absolute Gasteiger partial charge is 0.324 e. The molecule has 0 aliphatic carbocycles. The SMILES string of the molecule is CC(C)c1nc2ccc(N(Cc3ccc(C(=O)CN)cc3F)C(=O)N3CCCCC3)cc2s1. The van der Waals surface area contributed by atoms with Crippen molar-refractivity contribution in [1.82, 2.24) is 9.88 Å². The van der Waals surface area contributed by atoms with Crippen molar-refractivity contribution in [2.24, 2.45) is 5.73 Å². The minimum absolute atomic E-state index is 0.0691. The van der Waals surface area contributed by atoms with E-state index in [1.54, 1.807) is 28.4 Å². The van der Waals surface area contributed by atoms with Gasteiger partial charge < -0.3 is 10.6 Å². The van der Waals surface area contributed by atoms with E-state index in [4.69, 9.17) is 5.73 Å². The number of aromatic nitrogens is 1. The molecular formula is C25H29FN4O2S. The van der Waals surface area contributed by atoms with Crippen molar-refractivity contribution in [3.05, 3.63) is 58.3 Å². The van der Waals surface area contributed by atoms with E-state index in [-0.39, 0.29) is 30.5 Å². The first kappa shape index (κ1) is 23.3. The predicted molar refractivity (Wildman–Crippen MR) is 130 cm³/mol. The molecule has 2 heterocycles. The number of benzene rings is 2. The van der Waals surface area contributed by atoms with Crippen LogP contribution in [0.5, 0.6) is 0 Å². The topological polar surface area (TPSA) is 79.5 Å². The number of nitrogens with zero attached hydrogens (tertiary/aromatic N) is 3. The molecule has 6 nitrogen and oxygen atoms in total. The zero-order valence-electron chi connectivity index (χ0n) is 19.0. The third-order valence-corrected chi connectivity index (χ3v) is 7.26. The minimum Gasteiger partial charge on any atom is -0.324 e. The molecule has 0 radical (unpaired) electrons. The lowest BCUT2D eigenvalue weighted by atomic mass is 10.1. The average molecular weight is 469 g/mol. The second-order valence-corrected chi connectivity index (χ2v) is 9.77. The molecule has 2 amide bonds. The van der Waals surface area contributed by atoms with E-state index in [9.17, 15) is 14.0 Å². The zero-order chi connectivity index (χ0) is 23.5. The van der Waals surface area contributed by atoms with Gasteiger partial charge in [0.2, 0.25) is 0 Å². The highest BCUT2D eigenvalue weighted by Crippen LogP contribution is 2.32. The summed E-state index contributed by atoms with van der Waals surface area (Å²) >= 11 is 1.62. The molecule has 2 aromatic carbocycles. The number of nitrogens with two attached hydrogens (primary N) is 1. The summed E-state index contributed by atoms with van der Waals surface area (Å²) in [5.41, 5.74) is 7.59. The van der Waals surface area contributed by atoms with E-state index < -0.39 is 5.82 Å². The average Bonchev–Trinajstić information content (AvgIpc) is 3.27. The van der Waals surface area contributed by atoms with Crippen molar-refractivity contribution in [3.8, 4) is 0 Å². The summed E-state index contributed by atoms with van der Waals surface area (Å²) in [6.07, 6.45) is 3.05. The molecule has 0 atom stereocenters. The molecular weight excluding hydrogens is 439 g/mol. The lowest BCUT2D eigenvalue weighted by Gasteiger charge is -2.33. The van der Waals surface area contributed by atoms with Crippen LogP contribution in [0.2, 0.25) is 0 Å². The summed E-state index contributed by atoms with van der Waals surface area (Å²) in [5.74, 6) is -0.522. The lowest BCUT2D eigenvalue weighted by molar-refractivity contribution is 0.100. The van der Waals surface area contributed by atoms with Gasteiger partial charge >= 0.3 is 6.03 Å². The Morgan fingerprint density at radius 1 is 1.15 bits per heavy atom. The number of hydrogen-bond donors (Lipinski definition) is 1. The molecule has 2 N–H and O–H groups in total. The summed E-state index contributed by atoms with van der Waals surface area (Å²) in [6.45, 7) is 5.49. The molecule has 4 rings (SSSR count). The Morgan fingerprint density at radius 3 is 2.58 bits per heavy atom. The van der Waals surface area contributed by atoms with Gasteiger partial charge in [0, 0.05) is 35.8 Å². The number of hydrogen-bond acceptors (Lipinski definition) is 5. The largest absolute Gasteiger partial charge is 0.324 e. The second-order valence-electron chi connectivity index (χ2n) is 8.71. The molecule has 1 fully saturated rings. The van der Waals surface area contributed by atoms with Gasteiger partial charge in [-0.25, -0.2) is 14.2 Å². The van der Waals surface area contributed by atoms with E-state index >= 15 is 0 Å². The van der Waals surface area contributed by atoms with Gasteiger partial charge in [-0.3, -0.25) is 9.69 Å². The Bertz CT molecular complexity index is 1170. The van der Waals surface area contributed by atoms with Crippen molar-refractivity contribution < 1.29 is 14.0 Å². The van der Waals surface area contributed by atoms with Crippen LogP contribution in [0.25, 0.3) is 10.2 Å². The van der Waals surface area contributed by atoms with Gasteiger partial charge in [-0.1, -0.05) is 26.0 Å². The standard InChI is InChI=1S/C25H29FN4O2S/c1-16(2)24-28-21-9-8-19(13-23(21)33-24)30(25(32)29-10-4-3-5-11-29)15-18-7-6-17(12-20(18)26)22(31)14-27/h6-9,12-13,16H,3-5,10-11,14-15,27H2,1-2H3. The number of carbonyl (C=O) groups is 2. The number of anilines is 1. The van der Waals surface area contributed by atoms with Crippen LogP contribution in [-0.4, -0.2) is 41.3 Å². The number of Topliss-reactive ketones (excluding diaryl/α,β-unsaturated/α-hetero) is 1. The Hall–Kier alpha value is -2.84. The highest BCUT2D eigenvalue weighted by Gasteiger charge is 2.26. The Balaban J connectivity index is 1.70. The number of rotatable bonds is 6. The number of carbonyl (C=O) groups excluding carboxylic acids is 2. The zero-order valence-corrected chi connectivity index (χ0v) is 19.8. The van der Waals surface area contributed by atoms with Crippen molar-refractivity contribution in [1.29, 1.82) is 0 Å². The number of amides is 2. The number of piperidine rings is 1. The van der Waals surface area contributed by atoms with E-state index in [0.717, 1.165) is 34.5 Å². The molecule has 8 heteroatoms. The molecule has 174 valence electrons. The van der Waals surface area contributed by atoms with Crippen LogP contribution in [0.4, 0.5) is 14.9 Å². The molecule has 33 heavy (non-hydrogen) atoms. The first-order valence-corrected chi connectivity index (χ1v) is 12.2. The van der Waals surface area contributed by atoms with Gasteiger partial charge in [-0.15, -0.1) is 11.3 Å². The fourth-order valence-corrected chi connectivity index (χ4v) is 5.01. The third-order valence-electron chi connectivity index (χ3n) is 5.94. The van der Waals surface area contributed by atoms with Gasteiger partial charge in [0.05, 0.1) is 28.3 Å². The van der Waals surface area contributed by atoms with Gasteiger partial charge in [0.15, 0.2) is 5.78 Å². The summed E-state index contributed by atoms with van der Waals surface area (Å²) in [6, 6.07) is 9.96. The van der Waals surface area contributed by atoms with Crippen molar-refractivity contribution in [2.75, 3.05) is 24.5 Å². The van der Waals surface area contributed by atoms with Crippen LogP contribution in [-0.2, 0) is 6.54 Å². The van der Waals surface area contributed by atoms with Gasteiger partial charge in [0.1, 0.15) is 5.82 Å². The minimum atomic E-state index is -0.522. The predicted octanol–water partition coefficient (Wildman–Crippen LogP) is 5.31. The summed E-state index contributed by atoms with van der Waals surface area (Å²) < 4.78 is 15.9. The van der Waals surface area contributed by atoms with Gasteiger partial charge in [-0.05, 0) is 43.5 Å². The summed E-state index contributed by atoms with van der Waals surface area (Å²) in [4.78, 5) is 33.5. The molecule has 0 saturated carbocycles. The monoisotopic (exact) mass is 468 g/mol. The van der Waals surface area contributed by atoms with Crippen molar-refractivity contribution in [2.45, 2.75) is 45.6 Å². The molecule has 0 spiro atoms. The molecule has 3 aromatic rings. The molecule has 0 unspecified atom stereocenters. The number of ketones is 1. The van der Waals surface area contributed by atoms with Crippen LogP contribution in [0.3, 0.4) is 0 Å². The maximum atomic E-state index is 14.9. The van der Waals surface area contributed by atoms with Crippen LogP contribution in [0.15, 0.2) is 36.4 Å². The van der Waals surface area contributed by atoms with Crippen LogP contribution < -0.4 is 10.6 Å². The van der Waals surface area contributed by atoms with E-state index in [1.807, 2.05) is 23.1 Å². The first-order valence-electron chi connectivity index (χ1n) is 11.4. The number of thiazole rings is 1. The fourth-order valence-electron chi connectivity index (χ4n) is 4.01. The van der Waals surface area contributed by atoms with Crippen LogP contribution in [0.1, 0.15) is 60.0 Å². The number of halogens is 1. The maximum absolute atomic E-state index is 14.9. The lowest BCUT2D eigenvalue weighted by Crippen LogP contribution is -2.45. The molecule has 1 aromatic heterocycles. The molecule has 1 aliphatic rings. The molecule has 1 saturated heterocycles. The Labute approximate surface area is 197 Å². The van der Waals surface area contributed by atoms with Crippen LogP contribution >= 0.6 is 11.3 Å². The van der Waals surface area contributed by atoms with E-state index in [2.05, 4.69) is 18.8 Å². The maximum Gasteiger partial charge on any atom is 0.324 e. The quantitative estimate of drug-likeness (QED) is 0.497. The van der Waals surface area contributed by atoms with Gasteiger partial charge in [0.25, 0.3) is 0 Å². The van der Waals surface area contributed by atoms with Crippen LogP contribution in [0, 0.1) is 5.82 Å². The molecule has 1 aliphatic heterocycles. The third kappa shape index (κ3) is 5.07. The van der Waals surface area contributed by atoms with Gasteiger partial charge in [-0.2, -0.15) is 0 Å². The second kappa shape index (κ2) is 9.97. The van der Waals surface area contributed by atoms with E-state index in [0.29, 0.717) is 30.3 Å². The van der Waals surface area contributed by atoms with Crippen molar-refractivity contribution >= 4 is 39.1 Å². The normalized spacial score (nSPS) is 14.2. The summed E-state index contributed by atoms with van der Waals surface area (Å²) in [7, 11) is 0. The highest BCUT2D eigenvalue weighted by molar-refractivity contribution is 7.18. The highest BCUT2D eigenvalue weighted by atomic mass is 32.1. The first-order chi connectivity index (χ1) is 15.9. The Morgan fingerprint density at radius 2 is 1.91 bits per heavy atom. The summed E-state index contributed by atoms with van der Waals surface area (Å²) in [5, 5.41) is 1.04. The fraction of sp³-hybridized carbons (Fsp3) is 0.400. The number of urea groups is 1. The molecule has 0 bridgehead atoms. The number of likely N-dealkylation sites (tertiary alicyclic amines) is 1. The Kier molecular flexibility index (Phi) is 7.05.